The number of anilines is 2. The molecule has 1 aliphatic heterocycles. The van der Waals surface area contributed by atoms with Crippen LogP contribution in [0.2, 0.25) is 0 Å². The molecule has 3 aromatic carbocycles. The van der Waals surface area contributed by atoms with E-state index < -0.39 is 39.8 Å². The molecular weight excluding hydrogens is 645 g/mol. The number of sulfone groups is 1. The molecule has 8 nitrogen and oxygen atoms in total. The van der Waals surface area contributed by atoms with Crippen LogP contribution in [0.3, 0.4) is 0 Å². The molecule has 1 aliphatic rings. The summed E-state index contributed by atoms with van der Waals surface area (Å²) in [6.07, 6.45) is 9.86. The first kappa shape index (κ1) is 37.1. The Morgan fingerprint density at radius 2 is 1.71 bits per heavy atom. The molecule has 258 valence electrons. The van der Waals surface area contributed by atoms with Gasteiger partial charge in [0.2, 0.25) is 0 Å². The number of nitrogens with zero attached hydrogens (tertiary/aromatic N) is 1. The summed E-state index contributed by atoms with van der Waals surface area (Å²) in [5.41, 5.74) is 2.71. The Kier molecular flexibility index (Phi) is 13.2. The Hall–Kier alpha value is -3.76. The van der Waals surface area contributed by atoms with E-state index in [1.165, 1.54) is 18.9 Å². The van der Waals surface area contributed by atoms with Gasteiger partial charge in [-0.25, -0.2) is 13.2 Å². The molecule has 0 unspecified atom stereocenters. The number of thioether (sulfide) groups is 1. The molecule has 1 heterocycles. The number of methoxy groups -OCH3 is 1. The first-order valence-corrected chi connectivity index (χ1v) is 19.4. The zero-order valence-electron chi connectivity index (χ0n) is 28.5. The zero-order valence-corrected chi connectivity index (χ0v) is 30.1. The van der Waals surface area contributed by atoms with Crippen LogP contribution >= 0.6 is 11.8 Å². The second-order valence-corrected chi connectivity index (χ2v) is 15.2. The molecule has 0 saturated carbocycles. The van der Waals surface area contributed by atoms with Gasteiger partial charge in [0, 0.05) is 23.7 Å². The lowest BCUT2D eigenvalue weighted by Gasteiger charge is -2.37. The van der Waals surface area contributed by atoms with Crippen molar-refractivity contribution in [2.24, 2.45) is 5.41 Å². The number of rotatable bonds is 16. The van der Waals surface area contributed by atoms with Gasteiger partial charge >= 0.3 is 5.97 Å². The van der Waals surface area contributed by atoms with Crippen LogP contribution in [0, 0.1) is 5.41 Å². The fourth-order valence-electron chi connectivity index (χ4n) is 6.33. The van der Waals surface area contributed by atoms with Gasteiger partial charge in [-0.05, 0) is 54.8 Å². The van der Waals surface area contributed by atoms with Crippen LogP contribution in [-0.4, -0.2) is 52.6 Å². The molecule has 1 amide bonds. The standard InChI is InChI=1S/C38H48N2O6S2/c1-6-9-21-38(22-10-7-2)26-40(30-15-12-11-13-16-30)31-23-33(47-5)32(24-34(31)48(43,44)27-38)46-25-35(41)39-36(37(42)45-4)29-19-17-28(14-8-3)18-20-29/h8,11-13,15-20,23-24,36H,3,6-7,9-10,14,21-22,25-27H2,1-2,4-5H3,(H,39,41)/t36-/m1/s1. The molecule has 0 saturated heterocycles. The fourth-order valence-corrected chi connectivity index (χ4v) is 9.00. The Balaban J connectivity index is 1.68. The van der Waals surface area contributed by atoms with E-state index in [-0.39, 0.29) is 10.6 Å². The highest BCUT2D eigenvalue weighted by Crippen LogP contribution is 2.47. The normalized spacial score (nSPS) is 15.5. The molecule has 0 aliphatic carbocycles. The molecule has 0 fully saturated rings. The highest BCUT2D eigenvalue weighted by Gasteiger charge is 2.42. The van der Waals surface area contributed by atoms with E-state index in [9.17, 15) is 18.0 Å². The molecule has 0 spiro atoms. The van der Waals surface area contributed by atoms with E-state index in [1.54, 1.807) is 24.3 Å². The van der Waals surface area contributed by atoms with Gasteiger partial charge in [0.15, 0.2) is 22.5 Å². The predicted octanol–water partition coefficient (Wildman–Crippen LogP) is 7.84. The predicted molar refractivity (Wildman–Crippen MR) is 194 cm³/mol. The van der Waals surface area contributed by atoms with Crippen LogP contribution < -0.4 is 15.0 Å². The van der Waals surface area contributed by atoms with Gasteiger partial charge in [-0.2, -0.15) is 0 Å². The van der Waals surface area contributed by atoms with E-state index in [1.807, 2.05) is 54.8 Å². The zero-order chi connectivity index (χ0) is 34.7. The summed E-state index contributed by atoms with van der Waals surface area (Å²) < 4.78 is 39.7. The Morgan fingerprint density at radius 1 is 1.04 bits per heavy atom. The Labute approximate surface area is 290 Å². The maximum absolute atomic E-state index is 14.4. The number of unbranched alkanes of at least 4 members (excludes halogenated alkanes) is 2. The Bertz CT molecular complexity index is 1650. The van der Waals surface area contributed by atoms with Gasteiger partial charge < -0.3 is 19.7 Å². The summed E-state index contributed by atoms with van der Waals surface area (Å²) in [7, 11) is -2.48. The van der Waals surface area contributed by atoms with Crippen molar-refractivity contribution >= 4 is 44.9 Å². The quantitative estimate of drug-likeness (QED) is 0.0921. The lowest BCUT2D eigenvalue weighted by Crippen LogP contribution is -2.38. The third kappa shape index (κ3) is 9.02. The van der Waals surface area contributed by atoms with Crippen molar-refractivity contribution in [3.63, 3.8) is 0 Å². The summed E-state index contributed by atoms with van der Waals surface area (Å²) in [5.74, 6) is -0.821. The van der Waals surface area contributed by atoms with Crippen molar-refractivity contribution in [2.45, 2.75) is 74.6 Å². The van der Waals surface area contributed by atoms with Crippen molar-refractivity contribution < 1.29 is 27.5 Å². The number of benzene rings is 3. The summed E-state index contributed by atoms with van der Waals surface area (Å²) in [5, 5.41) is 2.72. The van der Waals surface area contributed by atoms with Crippen LogP contribution in [0.5, 0.6) is 5.75 Å². The number of ether oxygens (including phenoxy) is 2. The number of hydrogen-bond donors (Lipinski definition) is 1. The van der Waals surface area contributed by atoms with Gasteiger partial charge in [0.05, 0.1) is 28.3 Å². The van der Waals surface area contributed by atoms with E-state index in [0.29, 0.717) is 34.9 Å². The number of amides is 1. The highest BCUT2D eigenvalue weighted by atomic mass is 32.2. The van der Waals surface area contributed by atoms with Crippen LogP contribution in [0.15, 0.2) is 89.2 Å². The van der Waals surface area contributed by atoms with E-state index in [2.05, 4.69) is 30.6 Å². The minimum absolute atomic E-state index is 0.0429. The van der Waals surface area contributed by atoms with Gasteiger partial charge in [0.25, 0.3) is 5.91 Å². The van der Waals surface area contributed by atoms with Crippen LogP contribution in [0.4, 0.5) is 11.4 Å². The van der Waals surface area contributed by atoms with Gasteiger partial charge in [-0.1, -0.05) is 88.1 Å². The second-order valence-electron chi connectivity index (χ2n) is 12.4. The largest absolute Gasteiger partial charge is 0.483 e. The molecule has 1 N–H and O–H groups in total. The van der Waals surface area contributed by atoms with Crippen molar-refractivity contribution in [3.8, 4) is 5.75 Å². The maximum atomic E-state index is 14.4. The van der Waals surface area contributed by atoms with E-state index in [0.717, 1.165) is 49.8 Å². The second kappa shape index (κ2) is 17.1. The van der Waals surface area contributed by atoms with Crippen molar-refractivity contribution in [1.29, 1.82) is 0 Å². The summed E-state index contributed by atoms with van der Waals surface area (Å²) in [4.78, 5) is 28.9. The molecule has 4 rings (SSSR count). The number of carbonyl (C=O) groups excluding carboxylic acids is 2. The smallest absolute Gasteiger partial charge is 0.333 e. The van der Waals surface area contributed by atoms with Gasteiger partial charge in [-0.15, -0.1) is 18.3 Å². The van der Waals surface area contributed by atoms with Crippen molar-refractivity contribution in [2.75, 3.05) is 37.2 Å². The van der Waals surface area contributed by atoms with Crippen LogP contribution in [0.1, 0.15) is 69.5 Å². The fraction of sp³-hybridized carbons (Fsp3) is 0.421. The number of allylic oxidation sites excluding steroid dienone is 1. The third-order valence-corrected chi connectivity index (χ3v) is 11.6. The highest BCUT2D eigenvalue weighted by molar-refractivity contribution is 7.98. The minimum Gasteiger partial charge on any atom is -0.483 e. The van der Waals surface area contributed by atoms with E-state index in [4.69, 9.17) is 9.47 Å². The Morgan fingerprint density at radius 3 is 2.29 bits per heavy atom. The maximum Gasteiger partial charge on any atom is 0.333 e. The first-order valence-electron chi connectivity index (χ1n) is 16.6. The third-order valence-electron chi connectivity index (χ3n) is 8.84. The minimum atomic E-state index is -3.75. The summed E-state index contributed by atoms with van der Waals surface area (Å²) in [6.45, 7) is 8.19. The number of fused-ring (bicyclic) bond motifs is 1. The molecule has 0 radical (unpaired) electrons. The lowest BCUT2D eigenvalue weighted by molar-refractivity contribution is -0.145. The summed E-state index contributed by atoms with van der Waals surface area (Å²) >= 11 is 1.42. The number of para-hydroxylation sites is 1. The number of carbonyl (C=O) groups is 2. The molecule has 0 bridgehead atoms. The average molecular weight is 693 g/mol. The number of esters is 1. The van der Waals surface area contributed by atoms with Crippen LogP contribution in [0.25, 0.3) is 0 Å². The lowest BCUT2D eigenvalue weighted by atomic mass is 9.79. The summed E-state index contributed by atoms with van der Waals surface area (Å²) in [6, 6.07) is 19.6. The van der Waals surface area contributed by atoms with Crippen molar-refractivity contribution in [1.82, 2.24) is 5.32 Å². The molecule has 10 heteroatoms. The molecule has 3 aromatic rings. The number of nitrogens with one attached hydrogen (secondary N) is 1. The van der Waals surface area contributed by atoms with Crippen LogP contribution in [-0.2, 0) is 30.6 Å². The molecule has 48 heavy (non-hydrogen) atoms. The average Bonchev–Trinajstić information content (AvgIpc) is 3.19. The molecule has 0 aromatic heterocycles. The SMILES string of the molecule is C=CCc1ccc([C@@H](NC(=O)COc2cc3c(cc2SC)N(c2ccccc2)CC(CCCC)(CCCC)CS3(=O)=O)C(=O)OC)cc1. The molecule has 1 atom stereocenters. The monoisotopic (exact) mass is 692 g/mol. The van der Waals surface area contributed by atoms with Gasteiger partial charge in [-0.3, -0.25) is 4.79 Å². The topological polar surface area (TPSA) is 102 Å². The van der Waals surface area contributed by atoms with E-state index >= 15 is 0 Å². The first-order chi connectivity index (χ1) is 23.1. The molecular formula is C38H48N2O6S2. The number of hydrogen-bond acceptors (Lipinski definition) is 8. The van der Waals surface area contributed by atoms with Gasteiger partial charge in [0.1, 0.15) is 5.75 Å². The van der Waals surface area contributed by atoms with Crippen molar-refractivity contribution in [3.05, 3.63) is 90.5 Å².